The van der Waals surface area contributed by atoms with Crippen LogP contribution >= 0.6 is 0 Å². The van der Waals surface area contributed by atoms with Crippen molar-refractivity contribution in [1.29, 1.82) is 0 Å². The van der Waals surface area contributed by atoms with Crippen molar-refractivity contribution >= 4 is 46.7 Å². The highest BCUT2D eigenvalue weighted by molar-refractivity contribution is 7.76. The first-order valence-corrected chi connectivity index (χ1v) is 19.0. The maximum absolute atomic E-state index is 14.3. The Bertz CT molecular complexity index is 1220. The Balaban J connectivity index is 2.25. The Hall–Kier alpha value is -3.21. The van der Waals surface area contributed by atoms with Crippen LogP contribution in [0.2, 0.25) is 0 Å². The van der Waals surface area contributed by atoms with Crippen LogP contribution in [-0.2, 0) is 35.2 Å². The van der Waals surface area contributed by atoms with E-state index in [-0.39, 0.29) is 50.3 Å². The van der Waals surface area contributed by atoms with Crippen LogP contribution in [0.3, 0.4) is 0 Å². The summed E-state index contributed by atoms with van der Waals surface area (Å²) in [6.07, 6.45) is 8.30. The van der Waals surface area contributed by atoms with Gasteiger partial charge in [-0.25, -0.2) is 13.8 Å². The van der Waals surface area contributed by atoms with E-state index in [1.165, 1.54) is 27.5 Å². The highest BCUT2D eigenvalue weighted by Gasteiger charge is 2.42. The first kappa shape index (κ1) is 43.0. The fraction of sp³-hybridized carbons (Fsp3) is 0.765. The van der Waals surface area contributed by atoms with Gasteiger partial charge >= 0.3 is 11.9 Å². The number of Topliss-reactive ketones (excluding diaryl/α,β-unsaturated/α-hetero) is 1. The lowest BCUT2D eigenvalue weighted by Gasteiger charge is -2.37. The van der Waals surface area contributed by atoms with E-state index in [2.05, 4.69) is 27.8 Å². The van der Waals surface area contributed by atoms with Gasteiger partial charge in [-0.1, -0.05) is 65.9 Å². The average Bonchev–Trinajstić information content (AvgIpc) is 3.56. The summed E-state index contributed by atoms with van der Waals surface area (Å²) in [5, 5.41) is 12.5. The van der Waals surface area contributed by atoms with Crippen LogP contribution in [0.25, 0.3) is 0 Å². The van der Waals surface area contributed by atoms with Crippen LogP contribution in [-0.4, -0.2) is 110 Å². The van der Waals surface area contributed by atoms with Crippen LogP contribution in [0, 0.1) is 11.3 Å². The van der Waals surface area contributed by atoms with Crippen molar-refractivity contribution in [2.24, 2.45) is 11.3 Å². The maximum Gasteiger partial charge on any atom is 0.315 e. The first-order valence-electron chi connectivity index (χ1n) is 17.9. The topological polar surface area (TPSA) is 211 Å². The van der Waals surface area contributed by atoms with Crippen molar-refractivity contribution in [3.63, 3.8) is 0 Å². The number of quaternary nitrogens is 1. The number of nitrogens with zero attached hydrogens (tertiary/aromatic N) is 2. The molecule has 0 bridgehead atoms. The van der Waals surface area contributed by atoms with Crippen LogP contribution in [0.5, 0.6) is 0 Å². The molecule has 0 aromatic heterocycles. The largest absolute Gasteiger partial charge is 0.346 e. The summed E-state index contributed by atoms with van der Waals surface area (Å²) in [5.41, 5.74) is -0.546. The summed E-state index contributed by atoms with van der Waals surface area (Å²) in [7, 11) is 0. The quantitative estimate of drug-likeness (QED) is 0.0634. The minimum Gasteiger partial charge on any atom is -0.346 e. The normalized spacial score (nSPS) is 19.2. The van der Waals surface area contributed by atoms with E-state index in [4.69, 9.17) is 0 Å². The molecule has 2 unspecified atom stereocenters. The average molecular weight is 727 g/mol. The predicted molar refractivity (Wildman–Crippen MR) is 189 cm³/mol. The number of nitrogens with one attached hydrogen (secondary N) is 4. The Morgan fingerprint density at radius 3 is 2.30 bits per heavy atom. The van der Waals surface area contributed by atoms with Crippen molar-refractivity contribution in [1.82, 2.24) is 30.5 Å². The number of urea groups is 1. The van der Waals surface area contributed by atoms with Gasteiger partial charge in [-0.3, -0.25) is 29.0 Å². The number of likely N-dealkylation sites (tertiary alicyclic amines) is 1. The van der Waals surface area contributed by atoms with Gasteiger partial charge in [0, 0.05) is 25.7 Å². The van der Waals surface area contributed by atoms with E-state index in [1.54, 1.807) is 0 Å². The molecule has 0 radical (unpaired) electrons. The summed E-state index contributed by atoms with van der Waals surface area (Å²) in [6, 6.07) is -4.03. The van der Waals surface area contributed by atoms with Crippen LogP contribution in [0.1, 0.15) is 98.8 Å². The highest BCUT2D eigenvalue weighted by atomic mass is 32.2. The molecule has 2 fully saturated rings. The lowest BCUT2D eigenvalue weighted by Crippen LogP contribution is -2.88. The first-order chi connectivity index (χ1) is 23.6. The van der Waals surface area contributed by atoms with E-state index >= 15 is 0 Å². The number of primary amides is 1. The van der Waals surface area contributed by atoms with Gasteiger partial charge in [0.05, 0.1) is 26.1 Å². The molecule has 6 amide bonds. The standard InChI is InChI=1S/C34H59N7O8S/c1-7-9-16-25(29(43)31(45)36-18-8-2)37-30(44)26-17-13-20-41(26)32(46)28(24-14-11-10-12-15-24)39-33(47)38-27(34(4,5)6)22-40(50(48)49)21-19-35-23(3)42/h8,24-28H,2,7,9-22H2,1,3-6H3,(H,35,42)(H,36,45)(H,37,44)(H,48,49)(H2,38,39,47)/p+1/t25?,26-,27+,28-/m0/s1. The number of unbranched alkanes of at least 4 members (excludes halogenated alkanes) is 1. The molecule has 284 valence electrons. The van der Waals surface area contributed by atoms with Gasteiger partial charge in [-0.2, -0.15) is 4.31 Å². The molecule has 7 N–H and O–H groups in total. The maximum atomic E-state index is 14.3. The second kappa shape index (κ2) is 21.2. The van der Waals surface area contributed by atoms with Gasteiger partial charge in [0.2, 0.25) is 28.9 Å². The molecular weight excluding hydrogens is 666 g/mol. The number of rotatable bonds is 19. The SMILES string of the molecule is C=CCNC(=O)C(=O)C(CCCC)NC(=O)[C@@H]1CCCN1C(=O)[C@@H](NC(=O)N[C@H](CN(CC[NH2+]C(C)=O)S(=O)O)C(C)(C)C)C1CCCCC1. The van der Waals surface area contributed by atoms with Crippen LogP contribution in [0.4, 0.5) is 4.79 Å². The van der Waals surface area contributed by atoms with Crippen molar-refractivity contribution in [3.05, 3.63) is 12.7 Å². The van der Waals surface area contributed by atoms with E-state index in [0.29, 0.717) is 25.8 Å². The van der Waals surface area contributed by atoms with Gasteiger partial charge in [0.15, 0.2) is 0 Å². The van der Waals surface area contributed by atoms with Gasteiger partial charge < -0.3 is 26.2 Å². The highest BCUT2D eigenvalue weighted by Crippen LogP contribution is 2.30. The molecule has 5 atom stereocenters. The molecule has 2 rings (SSSR count). The molecule has 2 aliphatic rings. The van der Waals surface area contributed by atoms with Crippen LogP contribution < -0.4 is 26.6 Å². The molecule has 1 saturated heterocycles. The molecule has 15 nitrogen and oxygen atoms in total. The molecule has 1 aliphatic heterocycles. The molecule has 1 saturated carbocycles. The summed E-state index contributed by atoms with van der Waals surface area (Å²) in [5.74, 6) is -2.76. The van der Waals surface area contributed by atoms with Crippen molar-refractivity contribution < 1.29 is 42.8 Å². The lowest BCUT2D eigenvalue weighted by molar-refractivity contribution is -0.566. The summed E-state index contributed by atoms with van der Waals surface area (Å²) < 4.78 is 23.4. The Kier molecular flexibility index (Phi) is 18.2. The number of hydrogen-bond donors (Lipinski definition) is 6. The fourth-order valence-electron chi connectivity index (χ4n) is 6.41. The third-order valence-corrected chi connectivity index (χ3v) is 10.2. The second-order valence-electron chi connectivity index (χ2n) is 14.4. The molecule has 1 aliphatic carbocycles. The van der Waals surface area contributed by atoms with E-state index in [0.717, 1.165) is 38.5 Å². The summed E-state index contributed by atoms with van der Waals surface area (Å²) in [4.78, 5) is 79.8. The van der Waals surface area contributed by atoms with Crippen LogP contribution in [0.15, 0.2) is 12.7 Å². The third-order valence-electron chi connectivity index (χ3n) is 9.39. The minimum absolute atomic E-state index is 0.0196. The molecule has 0 spiro atoms. The molecule has 0 aromatic rings. The Morgan fingerprint density at radius 1 is 1.04 bits per heavy atom. The predicted octanol–water partition coefficient (Wildman–Crippen LogP) is 0.735. The van der Waals surface area contributed by atoms with Crippen molar-refractivity contribution in [2.75, 3.05) is 32.7 Å². The summed E-state index contributed by atoms with van der Waals surface area (Å²) >= 11 is -2.35. The third kappa shape index (κ3) is 13.8. The number of amides is 6. The van der Waals surface area contributed by atoms with E-state index in [1.807, 2.05) is 27.7 Å². The molecule has 1 heterocycles. The number of nitrogens with two attached hydrogens (primary N) is 1. The Morgan fingerprint density at radius 2 is 1.72 bits per heavy atom. The molecule has 0 aromatic carbocycles. The van der Waals surface area contributed by atoms with Gasteiger partial charge in [0.1, 0.15) is 12.1 Å². The monoisotopic (exact) mass is 726 g/mol. The second-order valence-corrected chi connectivity index (χ2v) is 15.4. The van der Waals surface area contributed by atoms with Gasteiger partial charge in [-0.05, 0) is 43.4 Å². The number of carbonyl (C=O) groups is 6. The molecule has 16 heteroatoms. The molecular formula is C34H60N7O8S+. The smallest absolute Gasteiger partial charge is 0.315 e. The number of carbonyl (C=O) groups excluding carboxylic acids is 6. The number of ketones is 1. The Labute approximate surface area is 299 Å². The zero-order valence-corrected chi connectivity index (χ0v) is 31.3. The zero-order valence-electron chi connectivity index (χ0n) is 30.5. The number of hydrogen-bond acceptors (Lipinski definition) is 7. The molecule has 50 heavy (non-hydrogen) atoms. The summed E-state index contributed by atoms with van der Waals surface area (Å²) in [6.45, 7) is 13.4. The minimum atomic E-state index is -2.35. The van der Waals surface area contributed by atoms with E-state index < -0.39 is 64.5 Å². The van der Waals surface area contributed by atoms with Gasteiger partial charge in [-0.15, -0.1) is 6.58 Å². The van der Waals surface area contributed by atoms with Gasteiger partial charge in [0.25, 0.3) is 5.91 Å². The zero-order chi connectivity index (χ0) is 37.4. The lowest BCUT2D eigenvalue weighted by atomic mass is 9.83. The van der Waals surface area contributed by atoms with Crippen molar-refractivity contribution in [3.8, 4) is 0 Å². The van der Waals surface area contributed by atoms with Crippen molar-refractivity contribution in [2.45, 2.75) is 123 Å². The van der Waals surface area contributed by atoms with E-state index in [9.17, 15) is 37.5 Å². The fourth-order valence-corrected chi connectivity index (χ4v) is 6.95.